The van der Waals surface area contributed by atoms with E-state index >= 15 is 0 Å². The molecule has 2 N–H and O–H groups in total. The molecule has 0 amide bonds. The average Bonchev–Trinajstić information content (AvgIpc) is 2.37. The molecule has 1 unspecified atom stereocenters. The zero-order valence-corrected chi connectivity index (χ0v) is 17.4. The van der Waals surface area contributed by atoms with Gasteiger partial charge in [0.05, 0.1) is 17.0 Å². The van der Waals surface area contributed by atoms with Gasteiger partial charge < -0.3 is 9.66 Å². The fourth-order valence-corrected chi connectivity index (χ4v) is 3.39. The summed E-state index contributed by atoms with van der Waals surface area (Å²) in [7, 11) is 0. The minimum atomic E-state index is -1.59. The Balaban J connectivity index is 3.55. The van der Waals surface area contributed by atoms with Gasteiger partial charge in [-0.2, -0.15) is 0 Å². The van der Waals surface area contributed by atoms with E-state index in [9.17, 15) is 18.8 Å². The first kappa shape index (κ1) is 22.2. The van der Waals surface area contributed by atoms with Crippen molar-refractivity contribution in [3.8, 4) is 0 Å². The molecule has 0 aliphatic heterocycles. The van der Waals surface area contributed by atoms with Gasteiger partial charge in [-0.1, -0.05) is 38.4 Å². The smallest absolute Gasteiger partial charge is 0.305 e. The van der Waals surface area contributed by atoms with Gasteiger partial charge in [0.2, 0.25) is 0 Å². The molecule has 0 saturated heterocycles. The van der Waals surface area contributed by atoms with Crippen LogP contribution in [0.1, 0.15) is 66.0 Å². The van der Waals surface area contributed by atoms with Crippen molar-refractivity contribution in [3.63, 3.8) is 0 Å². The molecule has 0 aliphatic rings. The SMILES string of the molecule is CC(C)(C)c1cc(Cl)c(F)c(C(C)(CC(=O)O)N[S@+]([O-])C(C)(C)C)c1. The summed E-state index contributed by atoms with van der Waals surface area (Å²) in [6, 6.07) is 3.15. The molecule has 0 aromatic heterocycles. The molecule has 0 saturated carbocycles. The van der Waals surface area contributed by atoms with E-state index in [0.29, 0.717) is 0 Å². The van der Waals surface area contributed by atoms with Crippen LogP contribution in [0.3, 0.4) is 0 Å². The number of carboxylic acid groups (broad SMARTS) is 1. The van der Waals surface area contributed by atoms with Crippen molar-refractivity contribution in [3.05, 3.63) is 34.1 Å². The van der Waals surface area contributed by atoms with Gasteiger partial charge in [-0.25, -0.2) is 4.39 Å². The molecule has 0 spiro atoms. The maximum Gasteiger partial charge on any atom is 0.305 e. The summed E-state index contributed by atoms with van der Waals surface area (Å²) < 4.78 is 29.5. The van der Waals surface area contributed by atoms with Crippen molar-refractivity contribution in [1.29, 1.82) is 0 Å². The van der Waals surface area contributed by atoms with Crippen molar-refractivity contribution in [2.75, 3.05) is 0 Å². The van der Waals surface area contributed by atoms with Crippen LogP contribution in [0.15, 0.2) is 12.1 Å². The third kappa shape index (κ3) is 5.58. The Morgan fingerprint density at radius 2 is 1.76 bits per heavy atom. The molecule has 1 aromatic rings. The molecule has 2 atom stereocenters. The number of benzene rings is 1. The summed E-state index contributed by atoms with van der Waals surface area (Å²) in [6.45, 7) is 12.7. The second kappa shape index (κ2) is 7.43. The number of carboxylic acids is 1. The van der Waals surface area contributed by atoms with Gasteiger partial charge >= 0.3 is 5.97 Å². The lowest BCUT2D eigenvalue weighted by molar-refractivity contribution is -0.138. The van der Waals surface area contributed by atoms with E-state index in [1.807, 2.05) is 20.8 Å². The molecule has 0 heterocycles. The second-order valence-corrected chi connectivity index (χ2v) is 10.8. The van der Waals surface area contributed by atoms with Crippen molar-refractivity contribution >= 4 is 28.9 Å². The summed E-state index contributed by atoms with van der Waals surface area (Å²) >= 11 is 4.48. The van der Waals surface area contributed by atoms with Crippen molar-refractivity contribution < 1.29 is 18.8 Å². The van der Waals surface area contributed by atoms with Crippen LogP contribution in [0.2, 0.25) is 5.02 Å². The van der Waals surface area contributed by atoms with Gasteiger partial charge in [0.15, 0.2) is 0 Å². The lowest BCUT2D eigenvalue weighted by Gasteiger charge is -2.35. The molecule has 142 valence electrons. The lowest BCUT2D eigenvalue weighted by Crippen LogP contribution is -2.51. The van der Waals surface area contributed by atoms with Crippen LogP contribution >= 0.6 is 11.6 Å². The molecule has 25 heavy (non-hydrogen) atoms. The highest BCUT2D eigenvalue weighted by Gasteiger charge is 2.41. The van der Waals surface area contributed by atoms with E-state index in [1.54, 1.807) is 32.9 Å². The Morgan fingerprint density at radius 1 is 1.24 bits per heavy atom. The number of hydrogen-bond acceptors (Lipinski definition) is 3. The van der Waals surface area contributed by atoms with Crippen LogP contribution in [0.4, 0.5) is 4.39 Å². The van der Waals surface area contributed by atoms with Gasteiger partial charge in [-0.05, 0) is 44.7 Å². The molecule has 0 bridgehead atoms. The Kier molecular flexibility index (Phi) is 6.60. The van der Waals surface area contributed by atoms with E-state index in [1.165, 1.54) is 6.92 Å². The normalized spacial score (nSPS) is 16.4. The van der Waals surface area contributed by atoms with Gasteiger partial charge in [0.25, 0.3) is 0 Å². The second-order valence-electron chi connectivity index (χ2n) is 8.46. The maximum atomic E-state index is 14.8. The minimum absolute atomic E-state index is 0.0811. The summed E-state index contributed by atoms with van der Waals surface area (Å²) in [5.41, 5.74) is -0.808. The molecular formula is C18H27ClFNO3S. The van der Waals surface area contributed by atoms with Crippen LogP contribution in [0, 0.1) is 5.82 Å². The van der Waals surface area contributed by atoms with Crippen molar-refractivity contribution in [1.82, 2.24) is 4.72 Å². The van der Waals surface area contributed by atoms with Crippen molar-refractivity contribution in [2.24, 2.45) is 0 Å². The quantitative estimate of drug-likeness (QED) is 0.724. The van der Waals surface area contributed by atoms with Crippen LogP contribution in [0.25, 0.3) is 0 Å². The van der Waals surface area contributed by atoms with Gasteiger partial charge in [-0.3, -0.25) is 4.79 Å². The molecule has 4 nitrogen and oxygen atoms in total. The van der Waals surface area contributed by atoms with E-state index in [4.69, 9.17) is 11.6 Å². The summed E-state index contributed by atoms with van der Waals surface area (Å²) in [6.07, 6.45) is -0.435. The first-order valence-corrected chi connectivity index (χ1v) is 9.52. The zero-order valence-electron chi connectivity index (χ0n) is 15.8. The minimum Gasteiger partial charge on any atom is -0.598 e. The number of halogens is 2. The Morgan fingerprint density at radius 3 is 2.16 bits per heavy atom. The van der Waals surface area contributed by atoms with Gasteiger partial charge in [-0.15, -0.1) is 4.72 Å². The van der Waals surface area contributed by atoms with Crippen LogP contribution in [-0.2, 0) is 27.1 Å². The summed E-state index contributed by atoms with van der Waals surface area (Å²) in [4.78, 5) is 11.4. The third-order valence-electron chi connectivity index (χ3n) is 3.87. The summed E-state index contributed by atoms with van der Waals surface area (Å²) in [5, 5.41) is 9.24. The molecule has 0 fully saturated rings. The zero-order chi connectivity index (χ0) is 19.8. The molecular weight excluding hydrogens is 365 g/mol. The van der Waals surface area contributed by atoms with Crippen LogP contribution in [0.5, 0.6) is 0 Å². The average molecular weight is 392 g/mol. The fourth-order valence-electron chi connectivity index (χ4n) is 2.27. The number of rotatable bonds is 5. The highest BCUT2D eigenvalue weighted by Crippen LogP contribution is 2.36. The largest absolute Gasteiger partial charge is 0.598 e. The highest BCUT2D eigenvalue weighted by atomic mass is 35.5. The van der Waals surface area contributed by atoms with Crippen LogP contribution < -0.4 is 4.72 Å². The van der Waals surface area contributed by atoms with E-state index in [0.717, 1.165) is 5.56 Å². The number of carbonyl (C=O) groups is 1. The highest BCUT2D eigenvalue weighted by molar-refractivity contribution is 7.90. The molecule has 0 aliphatic carbocycles. The Hall–Kier alpha value is -0.820. The van der Waals surface area contributed by atoms with Gasteiger partial charge in [0.1, 0.15) is 10.6 Å². The Bertz CT molecular complexity index is 655. The summed E-state index contributed by atoms with van der Waals surface area (Å²) in [5.74, 6) is -1.82. The number of aliphatic carboxylic acids is 1. The van der Waals surface area contributed by atoms with Crippen molar-refractivity contribution in [2.45, 2.75) is 70.6 Å². The first-order valence-electron chi connectivity index (χ1n) is 7.99. The molecule has 7 heteroatoms. The monoisotopic (exact) mass is 391 g/mol. The lowest BCUT2D eigenvalue weighted by atomic mass is 9.82. The molecule has 1 rings (SSSR count). The van der Waals surface area contributed by atoms with E-state index in [-0.39, 0.29) is 16.0 Å². The Labute approximate surface area is 157 Å². The maximum absolute atomic E-state index is 14.8. The van der Waals surface area contributed by atoms with E-state index in [2.05, 4.69) is 4.72 Å². The third-order valence-corrected chi connectivity index (χ3v) is 5.89. The first-order chi connectivity index (χ1) is 11.1. The topological polar surface area (TPSA) is 72.4 Å². The predicted octanol–water partition coefficient (Wildman–Crippen LogP) is 4.52. The number of hydrogen-bond donors (Lipinski definition) is 2. The molecule has 1 aromatic carbocycles. The number of nitrogens with one attached hydrogen (secondary N) is 1. The standard InChI is InChI=1S/C18H27ClFNO3S/c1-16(2,3)11-8-12(15(20)13(19)9-11)18(7,10-14(22)23)21-25(24)17(4,5)6/h8-9,21H,10H2,1-7H3,(H,22,23)/t18?,25-/m1/s1. The fraction of sp³-hybridized carbons (Fsp3) is 0.611. The van der Waals surface area contributed by atoms with Crippen LogP contribution in [-0.4, -0.2) is 20.4 Å². The molecule has 0 radical (unpaired) electrons. The van der Waals surface area contributed by atoms with E-state index < -0.39 is 39.9 Å². The predicted molar refractivity (Wildman–Crippen MR) is 101 cm³/mol. The van der Waals surface area contributed by atoms with Gasteiger partial charge in [0, 0.05) is 16.9 Å².